The molecule has 0 spiro atoms. The van der Waals surface area contributed by atoms with E-state index in [2.05, 4.69) is 36.9 Å². The fourth-order valence-electron chi connectivity index (χ4n) is 3.43. The number of nitrogens with two attached hydrogens (primary N) is 1. The third-order valence-corrected chi connectivity index (χ3v) is 4.75. The number of nitrogens with zero attached hydrogens (tertiary/aromatic N) is 1. The summed E-state index contributed by atoms with van der Waals surface area (Å²) in [6, 6.07) is 7.42. The van der Waals surface area contributed by atoms with Crippen molar-refractivity contribution in [2.45, 2.75) is 65.0 Å². The highest BCUT2D eigenvalue weighted by Gasteiger charge is 2.21. The summed E-state index contributed by atoms with van der Waals surface area (Å²) in [5.74, 6) is 0. The molecular formula is C18H30N2. The second-order valence-corrected chi connectivity index (χ2v) is 6.27. The highest BCUT2D eigenvalue weighted by atomic mass is 15.2. The van der Waals surface area contributed by atoms with Gasteiger partial charge in [-0.25, -0.2) is 0 Å². The molecule has 0 heterocycles. The molecule has 0 unspecified atom stereocenters. The van der Waals surface area contributed by atoms with Gasteiger partial charge in [-0.3, -0.25) is 4.90 Å². The number of aryl methyl sites for hydroxylation is 2. The van der Waals surface area contributed by atoms with Crippen molar-refractivity contribution in [2.75, 3.05) is 13.1 Å². The van der Waals surface area contributed by atoms with Gasteiger partial charge in [-0.2, -0.15) is 0 Å². The van der Waals surface area contributed by atoms with E-state index in [-0.39, 0.29) is 0 Å². The molecule has 1 aliphatic rings. The van der Waals surface area contributed by atoms with Crippen molar-refractivity contribution in [1.29, 1.82) is 0 Å². The Morgan fingerprint density at radius 1 is 1.10 bits per heavy atom. The van der Waals surface area contributed by atoms with Crippen LogP contribution in [0, 0.1) is 13.8 Å². The first-order valence-electron chi connectivity index (χ1n) is 8.21. The molecule has 0 atom stereocenters. The lowest BCUT2D eigenvalue weighted by atomic mass is 9.93. The fraction of sp³-hybridized carbons (Fsp3) is 0.667. The van der Waals surface area contributed by atoms with Gasteiger partial charge >= 0.3 is 0 Å². The second kappa shape index (κ2) is 7.80. The predicted molar refractivity (Wildman–Crippen MR) is 86.9 cm³/mol. The Bertz CT molecular complexity index is 388. The van der Waals surface area contributed by atoms with Gasteiger partial charge in [-0.1, -0.05) is 37.5 Å². The molecule has 2 rings (SSSR count). The largest absolute Gasteiger partial charge is 0.330 e. The van der Waals surface area contributed by atoms with Crippen LogP contribution < -0.4 is 5.73 Å². The molecule has 1 aliphatic carbocycles. The second-order valence-electron chi connectivity index (χ2n) is 6.27. The summed E-state index contributed by atoms with van der Waals surface area (Å²) in [6.07, 6.45) is 8.07. The molecule has 2 heteroatoms. The predicted octanol–water partition coefficient (Wildman–Crippen LogP) is 3.79. The molecule has 0 aromatic heterocycles. The van der Waals surface area contributed by atoms with Gasteiger partial charge in [0.1, 0.15) is 0 Å². The van der Waals surface area contributed by atoms with Crippen molar-refractivity contribution in [3.63, 3.8) is 0 Å². The van der Waals surface area contributed by atoms with Gasteiger partial charge in [-0.15, -0.1) is 0 Å². The number of hydrogen-bond donors (Lipinski definition) is 1. The van der Waals surface area contributed by atoms with Gasteiger partial charge < -0.3 is 5.73 Å². The molecule has 0 bridgehead atoms. The lowest BCUT2D eigenvalue weighted by molar-refractivity contribution is 0.146. The summed E-state index contributed by atoms with van der Waals surface area (Å²) in [4.78, 5) is 2.70. The van der Waals surface area contributed by atoms with E-state index >= 15 is 0 Å². The van der Waals surface area contributed by atoms with Gasteiger partial charge in [0.15, 0.2) is 0 Å². The topological polar surface area (TPSA) is 29.3 Å². The van der Waals surface area contributed by atoms with Crippen LogP contribution in [0.4, 0.5) is 0 Å². The van der Waals surface area contributed by atoms with Crippen LogP contribution in [0.15, 0.2) is 18.2 Å². The third-order valence-electron chi connectivity index (χ3n) is 4.75. The maximum atomic E-state index is 5.73. The first-order valence-corrected chi connectivity index (χ1v) is 8.21. The minimum absolute atomic E-state index is 0.773. The molecule has 112 valence electrons. The zero-order valence-corrected chi connectivity index (χ0v) is 13.2. The molecule has 2 nitrogen and oxygen atoms in total. The number of hydrogen-bond acceptors (Lipinski definition) is 2. The van der Waals surface area contributed by atoms with E-state index in [4.69, 9.17) is 5.73 Å². The lowest BCUT2D eigenvalue weighted by Crippen LogP contribution is -2.38. The highest BCUT2D eigenvalue weighted by molar-refractivity contribution is 5.33. The van der Waals surface area contributed by atoms with Crippen LogP contribution in [0.3, 0.4) is 0 Å². The smallest absolute Gasteiger partial charge is 0.0241 e. The van der Waals surface area contributed by atoms with Crippen LogP contribution in [0.1, 0.15) is 55.2 Å². The Balaban J connectivity index is 2.09. The van der Waals surface area contributed by atoms with Crippen LogP contribution in [0.2, 0.25) is 0 Å². The van der Waals surface area contributed by atoms with Crippen molar-refractivity contribution in [3.05, 3.63) is 34.9 Å². The van der Waals surface area contributed by atoms with Crippen molar-refractivity contribution >= 4 is 0 Å². The third kappa shape index (κ3) is 4.07. The lowest BCUT2D eigenvalue weighted by Gasteiger charge is -2.35. The van der Waals surface area contributed by atoms with E-state index < -0.39 is 0 Å². The van der Waals surface area contributed by atoms with Crippen molar-refractivity contribution in [3.8, 4) is 0 Å². The Morgan fingerprint density at radius 2 is 1.75 bits per heavy atom. The van der Waals surface area contributed by atoms with Crippen molar-refractivity contribution in [1.82, 2.24) is 4.90 Å². The van der Waals surface area contributed by atoms with Crippen LogP contribution in [-0.4, -0.2) is 24.0 Å². The van der Waals surface area contributed by atoms with E-state index in [1.165, 1.54) is 48.8 Å². The SMILES string of the molecule is Cc1cccc(C)c1CN(CCCN)C1CCCCC1. The first-order chi connectivity index (χ1) is 9.72. The summed E-state index contributed by atoms with van der Waals surface area (Å²) in [6.45, 7) is 7.53. The molecule has 1 aromatic carbocycles. The molecule has 20 heavy (non-hydrogen) atoms. The summed E-state index contributed by atoms with van der Waals surface area (Å²) < 4.78 is 0. The van der Waals surface area contributed by atoms with E-state index in [1.807, 2.05) is 0 Å². The Labute approximate surface area is 124 Å². The summed E-state index contributed by atoms with van der Waals surface area (Å²) in [5.41, 5.74) is 10.1. The number of rotatable bonds is 6. The van der Waals surface area contributed by atoms with Crippen molar-refractivity contribution in [2.24, 2.45) is 5.73 Å². The van der Waals surface area contributed by atoms with E-state index in [0.717, 1.165) is 32.1 Å². The van der Waals surface area contributed by atoms with Crippen LogP contribution >= 0.6 is 0 Å². The van der Waals surface area contributed by atoms with Gasteiger partial charge in [0, 0.05) is 12.6 Å². The minimum atomic E-state index is 0.773. The zero-order valence-electron chi connectivity index (χ0n) is 13.2. The molecule has 0 saturated heterocycles. The molecule has 0 aliphatic heterocycles. The Hall–Kier alpha value is -0.860. The number of benzene rings is 1. The average Bonchev–Trinajstić information content (AvgIpc) is 2.47. The summed E-state index contributed by atoms with van der Waals surface area (Å²) in [5, 5.41) is 0. The van der Waals surface area contributed by atoms with Gasteiger partial charge in [0.2, 0.25) is 0 Å². The Morgan fingerprint density at radius 3 is 2.35 bits per heavy atom. The van der Waals surface area contributed by atoms with E-state index in [9.17, 15) is 0 Å². The molecule has 0 amide bonds. The Kier molecular flexibility index (Phi) is 6.06. The molecule has 1 aromatic rings. The van der Waals surface area contributed by atoms with Crippen LogP contribution in [0.5, 0.6) is 0 Å². The van der Waals surface area contributed by atoms with E-state index in [0.29, 0.717) is 0 Å². The maximum Gasteiger partial charge on any atom is 0.0241 e. The summed E-state index contributed by atoms with van der Waals surface area (Å²) >= 11 is 0. The summed E-state index contributed by atoms with van der Waals surface area (Å²) in [7, 11) is 0. The van der Waals surface area contributed by atoms with Crippen LogP contribution in [-0.2, 0) is 6.54 Å². The minimum Gasteiger partial charge on any atom is -0.330 e. The van der Waals surface area contributed by atoms with Gasteiger partial charge in [-0.05, 0) is 62.9 Å². The van der Waals surface area contributed by atoms with E-state index in [1.54, 1.807) is 0 Å². The highest BCUT2D eigenvalue weighted by Crippen LogP contribution is 2.25. The molecular weight excluding hydrogens is 244 g/mol. The molecule has 2 N–H and O–H groups in total. The van der Waals surface area contributed by atoms with Gasteiger partial charge in [0.25, 0.3) is 0 Å². The monoisotopic (exact) mass is 274 g/mol. The zero-order chi connectivity index (χ0) is 14.4. The molecule has 0 radical (unpaired) electrons. The normalized spacial score (nSPS) is 16.8. The molecule has 1 fully saturated rings. The molecule has 1 saturated carbocycles. The van der Waals surface area contributed by atoms with Gasteiger partial charge in [0.05, 0.1) is 0 Å². The fourth-order valence-corrected chi connectivity index (χ4v) is 3.43. The van der Waals surface area contributed by atoms with Crippen LogP contribution in [0.25, 0.3) is 0 Å². The van der Waals surface area contributed by atoms with Crippen molar-refractivity contribution < 1.29 is 0 Å². The average molecular weight is 274 g/mol. The standard InChI is InChI=1S/C18H30N2/c1-15-8-6-9-16(2)18(15)14-20(13-7-12-19)17-10-4-3-5-11-17/h6,8-9,17H,3-5,7,10-14,19H2,1-2H3. The quantitative estimate of drug-likeness (QED) is 0.855. The maximum absolute atomic E-state index is 5.73. The first kappa shape index (κ1) is 15.5.